The summed E-state index contributed by atoms with van der Waals surface area (Å²) >= 11 is 0. The van der Waals surface area contributed by atoms with Gasteiger partial charge in [0, 0.05) is 6.04 Å². The maximum absolute atomic E-state index is 9.69. The molecule has 0 saturated carbocycles. The summed E-state index contributed by atoms with van der Waals surface area (Å²) in [6, 6.07) is 8.26. The molecule has 108 valence electrons. The lowest BCUT2D eigenvalue weighted by Crippen LogP contribution is -2.40. The number of likely N-dealkylation sites (tertiary alicyclic amines) is 1. The molecule has 1 aromatic rings. The van der Waals surface area contributed by atoms with Gasteiger partial charge in [-0.15, -0.1) is 12.4 Å². The van der Waals surface area contributed by atoms with Gasteiger partial charge in [-0.25, -0.2) is 0 Å². The lowest BCUT2D eigenvalue weighted by Gasteiger charge is -2.43. The van der Waals surface area contributed by atoms with Gasteiger partial charge in [-0.1, -0.05) is 32.4 Å². The Morgan fingerprint density at radius 2 is 2.11 bits per heavy atom. The van der Waals surface area contributed by atoms with Crippen molar-refractivity contribution in [2.45, 2.75) is 39.2 Å². The number of rotatable bonds is 3. The maximum Gasteiger partial charge on any atom is 0.115 e. The number of halogens is 1. The van der Waals surface area contributed by atoms with Crippen molar-refractivity contribution < 1.29 is 5.11 Å². The first-order valence-corrected chi connectivity index (χ1v) is 7.12. The fourth-order valence-electron chi connectivity index (χ4n) is 3.38. The maximum atomic E-state index is 9.69. The summed E-state index contributed by atoms with van der Waals surface area (Å²) in [5, 5.41) is 9.69. The highest BCUT2D eigenvalue weighted by Gasteiger charge is 2.34. The molecular weight excluding hydrogens is 258 g/mol. The largest absolute Gasteiger partial charge is 0.508 e. The first kappa shape index (κ1) is 16.3. The fraction of sp³-hybridized carbons (Fsp3) is 0.625. The van der Waals surface area contributed by atoms with Gasteiger partial charge in [0.05, 0.1) is 0 Å². The first-order valence-electron chi connectivity index (χ1n) is 7.12. The van der Waals surface area contributed by atoms with Gasteiger partial charge >= 0.3 is 0 Å². The van der Waals surface area contributed by atoms with Crippen LogP contribution in [0.2, 0.25) is 0 Å². The highest BCUT2D eigenvalue weighted by Crippen LogP contribution is 2.41. The number of hydrogen-bond donors (Lipinski definition) is 1. The molecule has 0 aromatic heterocycles. The molecule has 1 N–H and O–H groups in total. The molecule has 3 unspecified atom stereocenters. The van der Waals surface area contributed by atoms with Crippen LogP contribution in [0.15, 0.2) is 24.3 Å². The molecule has 3 atom stereocenters. The van der Waals surface area contributed by atoms with Gasteiger partial charge in [-0.05, 0) is 56.0 Å². The highest BCUT2D eigenvalue weighted by molar-refractivity contribution is 5.85. The van der Waals surface area contributed by atoms with Crippen molar-refractivity contribution in [2.24, 2.45) is 11.8 Å². The number of hydrogen-bond acceptors (Lipinski definition) is 2. The summed E-state index contributed by atoms with van der Waals surface area (Å²) in [5.41, 5.74) is 1.27. The van der Waals surface area contributed by atoms with Crippen LogP contribution in [0, 0.1) is 11.8 Å². The molecule has 0 aliphatic carbocycles. The zero-order valence-electron chi connectivity index (χ0n) is 12.2. The van der Waals surface area contributed by atoms with Gasteiger partial charge < -0.3 is 5.11 Å². The Morgan fingerprint density at radius 3 is 2.74 bits per heavy atom. The van der Waals surface area contributed by atoms with Crippen molar-refractivity contribution >= 4 is 12.4 Å². The SMILES string of the molecule is CCCC1C(C)CCN(C)C1c1cccc(O)c1.Cl. The fourth-order valence-corrected chi connectivity index (χ4v) is 3.38. The minimum absolute atomic E-state index is 0. The molecule has 1 saturated heterocycles. The molecule has 2 rings (SSSR count). The Bertz CT molecular complexity index is 396. The normalized spacial score (nSPS) is 27.8. The molecule has 1 fully saturated rings. The monoisotopic (exact) mass is 283 g/mol. The second-order valence-corrected chi connectivity index (χ2v) is 5.74. The van der Waals surface area contributed by atoms with E-state index in [2.05, 4.69) is 31.9 Å². The first-order chi connectivity index (χ1) is 8.63. The number of piperidine rings is 1. The van der Waals surface area contributed by atoms with Crippen LogP contribution in [-0.4, -0.2) is 23.6 Å². The molecule has 3 heteroatoms. The van der Waals surface area contributed by atoms with Crippen molar-refractivity contribution in [1.82, 2.24) is 4.90 Å². The van der Waals surface area contributed by atoms with E-state index in [1.54, 1.807) is 6.07 Å². The van der Waals surface area contributed by atoms with Crippen LogP contribution in [0.3, 0.4) is 0 Å². The van der Waals surface area contributed by atoms with E-state index < -0.39 is 0 Å². The predicted octanol–water partition coefficient (Wildman–Crippen LogP) is 4.24. The summed E-state index contributed by atoms with van der Waals surface area (Å²) in [6.45, 7) is 5.80. The lowest BCUT2D eigenvalue weighted by molar-refractivity contribution is 0.0699. The summed E-state index contributed by atoms with van der Waals surface area (Å²) in [7, 11) is 2.21. The van der Waals surface area contributed by atoms with Crippen LogP contribution in [-0.2, 0) is 0 Å². The number of nitrogens with zero attached hydrogens (tertiary/aromatic N) is 1. The minimum atomic E-state index is 0. The van der Waals surface area contributed by atoms with Gasteiger partial charge in [-0.2, -0.15) is 0 Å². The molecule has 1 aliphatic heterocycles. The molecular formula is C16H26ClNO. The highest BCUT2D eigenvalue weighted by atomic mass is 35.5. The van der Waals surface area contributed by atoms with E-state index >= 15 is 0 Å². The van der Waals surface area contributed by atoms with E-state index in [1.165, 1.54) is 24.8 Å². The van der Waals surface area contributed by atoms with Crippen molar-refractivity contribution in [3.05, 3.63) is 29.8 Å². The Hall–Kier alpha value is -0.730. The third-order valence-electron chi connectivity index (χ3n) is 4.38. The minimum Gasteiger partial charge on any atom is -0.508 e. The van der Waals surface area contributed by atoms with Crippen LogP contribution >= 0.6 is 12.4 Å². The number of aromatic hydroxyl groups is 1. The van der Waals surface area contributed by atoms with Crippen molar-refractivity contribution in [3.8, 4) is 5.75 Å². The number of phenols is 1. The van der Waals surface area contributed by atoms with Gasteiger partial charge in [0.2, 0.25) is 0 Å². The van der Waals surface area contributed by atoms with E-state index in [0.29, 0.717) is 17.7 Å². The smallest absolute Gasteiger partial charge is 0.115 e. The average molecular weight is 284 g/mol. The molecule has 0 spiro atoms. The second kappa shape index (κ2) is 7.16. The molecule has 19 heavy (non-hydrogen) atoms. The molecule has 2 nitrogen and oxygen atoms in total. The average Bonchev–Trinajstić information content (AvgIpc) is 2.34. The number of benzene rings is 1. The number of phenolic OH excluding ortho intramolecular Hbond substituents is 1. The van der Waals surface area contributed by atoms with E-state index in [1.807, 2.05) is 12.1 Å². The van der Waals surface area contributed by atoms with Gasteiger partial charge in [0.1, 0.15) is 5.75 Å². The van der Waals surface area contributed by atoms with Crippen molar-refractivity contribution in [2.75, 3.05) is 13.6 Å². The molecule has 1 aliphatic rings. The predicted molar refractivity (Wildman–Crippen MR) is 82.9 cm³/mol. The molecule has 0 amide bonds. The Balaban J connectivity index is 0.00000180. The molecule has 0 bridgehead atoms. The van der Waals surface area contributed by atoms with Crippen LogP contribution < -0.4 is 0 Å². The van der Waals surface area contributed by atoms with Crippen molar-refractivity contribution in [3.63, 3.8) is 0 Å². The van der Waals surface area contributed by atoms with E-state index in [4.69, 9.17) is 0 Å². The quantitative estimate of drug-likeness (QED) is 0.897. The third kappa shape index (κ3) is 3.64. The van der Waals surface area contributed by atoms with Crippen molar-refractivity contribution in [1.29, 1.82) is 0 Å². The Labute approximate surface area is 123 Å². The summed E-state index contributed by atoms with van der Waals surface area (Å²) < 4.78 is 0. The summed E-state index contributed by atoms with van der Waals surface area (Å²) in [5.74, 6) is 1.86. The lowest BCUT2D eigenvalue weighted by atomic mass is 9.75. The second-order valence-electron chi connectivity index (χ2n) is 5.74. The van der Waals surface area contributed by atoms with Crippen LogP contribution in [0.25, 0.3) is 0 Å². The van der Waals surface area contributed by atoms with Gasteiger partial charge in [0.25, 0.3) is 0 Å². The summed E-state index contributed by atoms with van der Waals surface area (Å²) in [4.78, 5) is 2.45. The van der Waals surface area contributed by atoms with E-state index in [0.717, 1.165) is 12.5 Å². The zero-order valence-corrected chi connectivity index (χ0v) is 13.0. The standard InChI is InChI=1S/C16H25NO.ClH/c1-4-6-15-12(2)9-10-17(3)16(15)13-7-5-8-14(18)11-13;/h5,7-8,11-12,15-16,18H,4,6,9-10H2,1-3H3;1H. The van der Waals surface area contributed by atoms with Crippen LogP contribution in [0.1, 0.15) is 44.7 Å². The molecule has 1 heterocycles. The summed E-state index contributed by atoms with van der Waals surface area (Å²) in [6.07, 6.45) is 3.79. The Morgan fingerprint density at radius 1 is 1.37 bits per heavy atom. The molecule has 1 aromatic carbocycles. The van der Waals surface area contributed by atoms with Gasteiger partial charge in [0.15, 0.2) is 0 Å². The molecule has 0 radical (unpaired) electrons. The van der Waals surface area contributed by atoms with Crippen LogP contribution in [0.4, 0.5) is 0 Å². The zero-order chi connectivity index (χ0) is 13.1. The topological polar surface area (TPSA) is 23.5 Å². The van der Waals surface area contributed by atoms with E-state index in [-0.39, 0.29) is 12.4 Å². The Kier molecular flexibility index (Phi) is 6.15. The van der Waals surface area contributed by atoms with Crippen LogP contribution in [0.5, 0.6) is 5.75 Å². The van der Waals surface area contributed by atoms with E-state index in [9.17, 15) is 5.11 Å². The van der Waals surface area contributed by atoms with Gasteiger partial charge in [-0.3, -0.25) is 4.90 Å². The third-order valence-corrected chi connectivity index (χ3v) is 4.38.